The average Bonchev–Trinajstić information content (AvgIpc) is 2.85. The molecule has 0 aliphatic rings. The molecule has 0 radical (unpaired) electrons. The first-order valence-electron chi connectivity index (χ1n) is 6.19. The van der Waals surface area contributed by atoms with Gasteiger partial charge in [0.25, 0.3) is 11.1 Å². The van der Waals surface area contributed by atoms with Gasteiger partial charge in [-0.3, -0.25) is 4.79 Å². The Kier molecular flexibility index (Phi) is 4.79. The van der Waals surface area contributed by atoms with Crippen LogP contribution in [0, 0.1) is 13.8 Å². The molecule has 0 fully saturated rings. The first kappa shape index (κ1) is 14.6. The SMILES string of the molecule is CC(=O)CSc1nnc(COc2cc(C)ccc2C)o1. The number of ketones is 1. The smallest absolute Gasteiger partial charge is 0.277 e. The molecule has 0 atom stereocenters. The quantitative estimate of drug-likeness (QED) is 0.763. The van der Waals surface area contributed by atoms with Gasteiger partial charge in [-0.15, -0.1) is 10.2 Å². The van der Waals surface area contributed by atoms with Gasteiger partial charge >= 0.3 is 0 Å². The van der Waals surface area contributed by atoms with Crippen molar-refractivity contribution in [3.05, 3.63) is 35.2 Å². The molecule has 0 aliphatic heterocycles. The summed E-state index contributed by atoms with van der Waals surface area (Å²) in [4.78, 5) is 10.9. The molecule has 0 aliphatic carbocycles. The van der Waals surface area contributed by atoms with E-state index in [4.69, 9.17) is 9.15 Å². The number of carbonyl (C=O) groups excluding carboxylic acids is 1. The number of ether oxygens (including phenoxy) is 1. The third-order valence-corrected chi connectivity index (χ3v) is 3.50. The molecule has 1 aromatic carbocycles. The Labute approximate surface area is 121 Å². The van der Waals surface area contributed by atoms with Gasteiger partial charge in [-0.25, -0.2) is 0 Å². The van der Waals surface area contributed by atoms with E-state index < -0.39 is 0 Å². The molecule has 2 rings (SSSR count). The molecule has 106 valence electrons. The van der Waals surface area contributed by atoms with Gasteiger partial charge in [-0.05, 0) is 38.0 Å². The molecular formula is C14H16N2O3S. The van der Waals surface area contributed by atoms with Crippen molar-refractivity contribution in [2.45, 2.75) is 32.6 Å². The number of rotatable bonds is 6. The number of Topliss-reactive ketones (excluding diaryl/α,β-unsaturated/α-hetero) is 1. The fraction of sp³-hybridized carbons (Fsp3) is 0.357. The number of thioether (sulfide) groups is 1. The van der Waals surface area contributed by atoms with Crippen LogP contribution in [0.15, 0.2) is 27.8 Å². The van der Waals surface area contributed by atoms with Crippen molar-refractivity contribution in [2.75, 3.05) is 5.75 Å². The first-order chi connectivity index (χ1) is 9.54. The molecule has 0 amide bonds. The second-order valence-electron chi connectivity index (χ2n) is 4.51. The lowest BCUT2D eigenvalue weighted by molar-refractivity contribution is -0.114. The molecule has 0 bridgehead atoms. The van der Waals surface area contributed by atoms with Crippen LogP contribution in [0.5, 0.6) is 5.75 Å². The minimum atomic E-state index is 0.0707. The molecule has 0 spiro atoms. The molecule has 0 unspecified atom stereocenters. The summed E-state index contributed by atoms with van der Waals surface area (Å²) in [5.41, 5.74) is 2.19. The summed E-state index contributed by atoms with van der Waals surface area (Å²) in [6, 6.07) is 6.01. The Morgan fingerprint density at radius 2 is 2.15 bits per heavy atom. The Morgan fingerprint density at radius 1 is 1.35 bits per heavy atom. The largest absolute Gasteiger partial charge is 0.484 e. The van der Waals surface area contributed by atoms with Crippen molar-refractivity contribution in [1.82, 2.24) is 10.2 Å². The van der Waals surface area contributed by atoms with Crippen molar-refractivity contribution < 1.29 is 13.9 Å². The van der Waals surface area contributed by atoms with Crippen LogP contribution in [0.2, 0.25) is 0 Å². The highest BCUT2D eigenvalue weighted by Crippen LogP contribution is 2.21. The lowest BCUT2D eigenvalue weighted by Gasteiger charge is -2.07. The Balaban J connectivity index is 1.94. The summed E-state index contributed by atoms with van der Waals surface area (Å²) in [7, 11) is 0. The number of aromatic nitrogens is 2. The van der Waals surface area contributed by atoms with Gasteiger partial charge in [0, 0.05) is 0 Å². The maximum atomic E-state index is 10.9. The zero-order valence-corrected chi connectivity index (χ0v) is 12.5. The topological polar surface area (TPSA) is 65.2 Å². The van der Waals surface area contributed by atoms with Gasteiger partial charge in [0.15, 0.2) is 6.61 Å². The fourth-order valence-corrected chi connectivity index (χ4v) is 2.10. The minimum absolute atomic E-state index is 0.0707. The summed E-state index contributed by atoms with van der Waals surface area (Å²) >= 11 is 1.23. The number of aryl methyl sites for hydroxylation is 2. The molecule has 0 saturated carbocycles. The maximum Gasteiger partial charge on any atom is 0.277 e. The minimum Gasteiger partial charge on any atom is -0.484 e. The van der Waals surface area contributed by atoms with Gasteiger partial charge in [0.2, 0.25) is 0 Å². The van der Waals surface area contributed by atoms with Crippen molar-refractivity contribution >= 4 is 17.5 Å². The second-order valence-corrected chi connectivity index (χ2v) is 5.44. The second kappa shape index (κ2) is 6.56. The molecule has 0 saturated heterocycles. The molecule has 20 heavy (non-hydrogen) atoms. The first-order valence-corrected chi connectivity index (χ1v) is 7.18. The maximum absolute atomic E-state index is 10.9. The van der Waals surface area contributed by atoms with Crippen LogP contribution in [0.25, 0.3) is 0 Å². The normalized spacial score (nSPS) is 10.6. The molecule has 6 heteroatoms. The Morgan fingerprint density at radius 3 is 2.90 bits per heavy atom. The summed E-state index contributed by atoms with van der Waals surface area (Å²) in [6.07, 6.45) is 0. The van der Waals surface area contributed by atoms with Crippen molar-refractivity contribution in [3.63, 3.8) is 0 Å². The van der Waals surface area contributed by atoms with E-state index in [-0.39, 0.29) is 12.4 Å². The third-order valence-electron chi connectivity index (χ3n) is 2.54. The number of carbonyl (C=O) groups is 1. The van der Waals surface area contributed by atoms with E-state index in [1.807, 2.05) is 32.0 Å². The van der Waals surface area contributed by atoms with Crippen LogP contribution >= 0.6 is 11.8 Å². The predicted octanol–water partition coefficient (Wildman–Crippen LogP) is 2.95. The third kappa shape index (κ3) is 4.09. The summed E-state index contributed by atoms with van der Waals surface area (Å²) in [5, 5.41) is 8.13. The van der Waals surface area contributed by atoms with E-state index in [0.717, 1.165) is 16.9 Å². The number of hydrogen-bond donors (Lipinski definition) is 0. The molecular weight excluding hydrogens is 276 g/mol. The fourth-order valence-electron chi connectivity index (χ4n) is 1.52. The van der Waals surface area contributed by atoms with Gasteiger partial charge < -0.3 is 9.15 Å². The highest BCUT2D eigenvalue weighted by atomic mass is 32.2. The average molecular weight is 292 g/mol. The standard InChI is InChI=1S/C14H16N2O3S/c1-9-4-5-10(2)12(6-9)18-7-13-15-16-14(19-13)20-8-11(3)17/h4-6H,7-8H2,1-3H3. The molecule has 5 nitrogen and oxygen atoms in total. The monoisotopic (exact) mass is 292 g/mol. The van der Waals surface area contributed by atoms with Gasteiger partial charge in [-0.2, -0.15) is 0 Å². The van der Waals surface area contributed by atoms with Crippen molar-refractivity contribution in [1.29, 1.82) is 0 Å². The summed E-state index contributed by atoms with van der Waals surface area (Å²) < 4.78 is 11.1. The molecule has 1 aromatic heterocycles. The molecule has 2 aromatic rings. The number of hydrogen-bond acceptors (Lipinski definition) is 6. The highest BCUT2D eigenvalue weighted by Gasteiger charge is 2.09. The molecule has 0 N–H and O–H groups in total. The zero-order chi connectivity index (χ0) is 14.5. The summed E-state index contributed by atoms with van der Waals surface area (Å²) in [6.45, 7) is 5.73. The summed E-state index contributed by atoms with van der Waals surface area (Å²) in [5.74, 6) is 1.61. The highest BCUT2D eigenvalue weighted by molar-refractivity contribution is 7.99. The van der Waals surface area contributed by atoms with E-state index in [1.54, 1.807) is 0 Å². The van der Waals surface area contributed by atoms with Crippen LogP contribution in [0.4, 0.5) is 0 Å². The number of nitrogens with zero attached hydrogens (tertiary/aromatic N) is 2. The Hall–Kier alpha value is -1.82. The van der Waals surface area contributed by atoms with E-state index in [1.165, 1.54) is 18.7 Å². The van der Waals surface area contributed by atoms with Crippen molar-refractivity contribution in [2.24, 2.45) is 0 Å². The van der Waals surface area contributed by atoms with Crippen LogP contribution in [-0.4, -0.2) is 21.7 Å². The van der Waals surface area contributed by atoms with Crippen LogP contribution in [-0.2, 0) is 11.4 Å². The van der Waals surface area contributed by atoms with Gasteiger partial charge in [-0.1, -0.05) is 23.9 Å². The van der Waals surface area contributed by atoms with E-state index in [0.29, 0.717) is 16.9 Å². The van der Waals surface area contributed by atoms with E-state index in [9.17, 15) is 4.79 Å². The lowest BCUT2D eigenvalue weighted by Crippen LogP contribution is -1.97. The lowest BCUT2D eigenvalue weighted by atomic mass is 10.1. The predicted molar refractivity (Wildman–Crippen MR) is 76.0 cm³/mol. The van der Waals surface area contributed by atoms with Gasteiger partial charge in [0.05, 0.1) is 5.75 Å². The van der Waals surface area contributed by atoms with E-state index in [2.05, 4.69) is 10.2 Å². The van der Waals surface area contributed by atoms with Gasteiger partial charge in [0.1, 0.15) is 11.5 Å². The zero-order valence-electron chi connectivity index (χ0n) is 11.7. The molecule has 1 heterocycles. The Bertz CT molecular complexity index is 610. The van der Waals surface area contributed by atoms with Crippen LogP contribution in [0.3, 0.4) is 0 Å². The van der Waals surface area contributed by atoms with E-state index >= 15 is 0 Å². The van der Waals surface area contributed by atoms with Crippen LogP contribution in [0.1, 0.15) is 23.9 Å². The van der Waals surface area contributed by atoms with Crippen molar-refractivity contribution in [3.8, 4) is 5.75 Å². The number of benzene rings is 1. The van der Waals surface area contributed by atoms with Crippen LogP contribution < -0.4 is 4.74 Å².